The fourth-order valence-corrected chi connectivity index (χ4v) is 6.40. The maximum atomic E-state index is 13.2. The van der Waals surface area contributed by atoms with Gasteiger partial charge in [-0.2, -0.15) is 9.30 Å². The minimum atomic E-state index is -3.74. The number of para-hydroxylation sites is 1. The third kappa shape index (κ3) is 5.67. The van der Waals surface area contributed by atoms with Gasteiger partial charge in [-0.05, 0) is 48.9 Å². The number of benzene rings is 3. The second kappa shape index (κ2) is 11.6. The summed E-state index contributed by atoms with van der Waals surface area (Å²) in [6.45, 7) is 4.99. The Morgan fingerprint density at radius 2 is 1.78 bits per heavy atom. The first kappa shape index (κ1) is 26.4. The highest BCUT2D eigenvalue weighted by atomic mass is 32.2. The largest absolute Gasteiger partial charge is 0.492 e. The molecule has 0 aliphatic carbocycles. The molecule has 4 aromatic rings. The van der Waals surface area contributed by atoms with Crippen molar-refractivity contribution in [3.8, 4) is 18.1 Å². The van der Waals surface area contributed by atoms with Crippen LogP contribution in [-0.2, 0) is 23.1 Å². The Kier molecular flexibility index (Phi) is 8.24. The number of hydrogen-bond donors (Lipinski definition) is 0. The van der Waals surface area contributed by atoms with Crippen molar-refractivity contribution in [1.29, 1.82) is 0 Å². The first-order valence-corrected chi connectivity index (χ1v) is 14.1. The summed E-state index contributed by atoms with van der Waals surface area (Å²) in [4.78, 5) is 17.9. The molecule has 0 N–H and O–H groups in total. The van der Waals surface area contributed by atoms with E-state index in [1.54, 1.807) is 11.5 Å². The standard InChI is InChI=1S/C28H27N3O4S2/c1-4-19-31-26-24(35-6-3)13-10-14-25(26)36-28(31)29-27(32)22-15-17-23(18-16-22)37(33,34)30(5-2)20-21-11-8-7-9-12-21/h1,7-18H,5-6,19-20H2,2-3H3. The zero-order chi connectivity index (χ0) is 26.4. The van der Waals surface area contributed by atoms with E-state index >= 15 is 0 Å². The van der Waals surface area contributed by atoms with Crippen molar-refractivity contribution >= 4 is 37.5 Å². The molecular formula is C28H27N3O4S2. The van der Waals surface area contributed by atoms with Gasteiger partial charge in [0.25, 0.3) is 5.91 Å². The molecule has 4 rings (SSSR count). The van der Waals surface area contributed by atoms with Crippen molar-refractivity contribution in [2.45, 2.75) is 31.8 Å². The molecule has 1 amide bonds. The van der Waals surface area contributed by atoms with Gasteiger partial charge >= 0.3 is 0 Å². The number of nitrogens with zero attached hydrogens (tertiary/aromatic N) is 3. The van der Waals surface area contributed by atoms with Gasteiger partial charge in [-0.15, -0.1) is 6.42 Å². The number of fused-ring (bicyclic) bond motifs is 1. The molecule has 0 bridgehead atoms. The van der Waals surface area contributed by atoms with Gasteiger partial charge in [0.15, 0.2) is 4.80 Å². The molecular weight excluding hydrogens is 506 g/mol. The normalized spacial score (nSPS) is 12.1. The quantitative estimate of drug-likeness (QED) is 0.293. The minimum Gasteiger partial charge on any atom is -0.492 e. The number of terminal acetylenes is 1. The molecule has 0 fully saturated rings. The molecule has 7 nitrogen and oxygen atoms in total. The third-order valence-electron chi connectivity index (χ3n) is 5.70. The van der Waals surface area contributed by atoms with Gasteiger partial charge in [0.1, 0.15) is 11.3 Å². The minimum absolute atomic E-state index is 0.118. The monoisotopic (exact) mass is 533 g/mol. The van der Waals surface area contributed by atoms with Crippen LogP contribution in [0.3, 0.4) is 0 Å². The van der Waals surface area contributed by atoms with Crippen LogP contribution in [0.4, 0.5) is 0 Å². The predicted molar refractivity (Wildman–Crippen MR) is 146 cm³/mol. The Morgan fingerprint density at radius 3 is 2.43 bits per heavy atom. The molecule has 0 atom stereocenters. The van der Waals surface area contributed by atoms with Crippen LogP contribution in [0.2, 0.25) is 0 Å². The number of rotatable bonds is 9. The summed E-state index contributed by atoms with van der Waals surface area (Å²) in [7, 11) is -3.74. The summed E-state index contributed by atoms with van der Waals surface area (Å²) >= 11 is 1.34. The molecule has 0 aliphatic heterocycles. The van der Waals surface area contributed by atoms with Crippen molar-refractivity contribution in [2.75, 3.05) is 13.2 Å². The SMILES string of the molecule is C#CCn1c(=NC(=O)c2ccc(S(=O)(=O)N(CC)Cc3ccccc3)cc2)sc2cccc(OCC)c21. The van der Waals surface area contributed by atoms with Gasteiger partial charge in [-0.3, -0.25) is 4.79 Å². The van der Waals surface area contributed by atoms with Crippen LogP contribution in [0.5, 0.6) is 5.75 Å². The number of aromatic nitrogens is 1. The van der Waals surface area contributed by atoms with Crippen molar-refractivity contribution in [3.63, 3.8) is 0 Å². The summed E-state index contributed by atoms with van der Waals surface area (Å²) < 4.78 is 36.3. The molecule has 1 aromatic heterocycles. The zero-order valence-electron chi connectivity index (χ0n) is 20.6. The summed E-state index contributed by atoms with van der Waals surface area (Å²) in [5.41, 5.74) is 1.97. The van der Waals surface area contributed by atoms with Crippen LogP contribution in [-0.4, -0.2) is 36.3 Å². The van der Waals surface area contributed by atoms with Crippen LogP contribution < -0.4 is 9.54 Å². The van der Waals surface area contributed by atoms with Gasteiger partial charge < -0.3 is 9.30 Å². The van der Waals surface area contributed by atoms with Crippen LogP contribution in [0, 0.1) is 12.3 Å². The van der Waals surface area contributed by atoms with Crippen molar-refractivity contribution in [1.82, 2.24) is 8.87 Å². The molecule has 0 unspecified atom stereocenters. The number of sulfonamides is 1. The Bertz CT molecular complexity index is 1610. The lowest BCUT2D eigenvalue weighted by Gasteiger charge is -2.20. The summed E-state index contributed by atoms with van der Waals surface area (Å²) in [6, 6.07) is 20.9. The van der Waals surface area contributed by atoms with Crippen LogP contribution in [0.1, 0.15) is 29.8 Å². The van der Waals surface area contributed by atoms with E-state index in [0.717, 1.165) is 15.8 Å². The first-order chi connectivity index (χ1) is 17.9. The molecule has 0 radical (unpaired) electrons. The molecule has 0 saturated carbocycles. The number of amides is 1. The van der Waals surface area contributed by atoms with Gasteiger partial charge in [-0.1, -0.05) is 60.6 Å². The van der Waals surface area contributed by atoms with E-state index in [2.05, 4.69) is 10.9 Å². The van der Waals surface area contributed by atoms with E-state index in [-0.39, 0.29) is 23.5 Å². The summed E-state index contributed by atoms with van der Waals surface area (Å²) in [5, 5.41) is 0. The maximum absolute atomic E-state index is 13.2. The maximum Gasteiger partial charge on any atom is 0.279 e. The summed E-state index contributed by atoms with van der Waals surface area (Å²) in [5.74, 6) is 2.80. The van der Waals surface area contributed by atoms with E-state index in [1.807, 2.05) is 55.5 Å². The average Bonchev–Trinajstić information content (AvgIpc) is 3.25. The van der Waals surface area contributed by atoms with Gasteiger partial charge in [0.05, 0.1) is 22.7 Å². The van der Waals surface area contributed by atoms with E-state index in [1.165, 1.54) is 39.9 Å². The fraction of sp³-hybridized carbons (Fsp3) is 0.214. The van der Waals surface area contributed by atoms with Crippen LogP contribution in [0.15, 0.2) is 82.7 Å². The van der Waals surface area contributed by atoms with Crippen LogP contribution in [0.25, 0.3) is 10.2 Å². The molecule has 9 heteroatoms. The Balaban J connectivity index is 1.64. The smallest absolute Gasteiger partial charge is 0.279 e. The van der Waals surface area contributed by atoms with E-state index in [0.29, 0.717) is 23.7 Å². The lowest BCUT2D eigenvalue weighted by molar-refractivity contribution is 0.0997. The lowest BCUT2D eigenvalue weighted by Crippen LogP contribution is -2.30. The highest BCUT2D eigenvalue weighted by molar-refractivity contribution is 7.89. The third-order valence-corrected chi connectivity index (χ3v) is 8.68. The molecule has 0 spiro atoms. The number of thiazole rings is 1. The Labute approximate surface area is 220 Å². The predicted octanol–water partition coefficient (Wildman–Crippen LogP) is 4.69. The highest BCUT2D eigenvalue weighted by Crippen LogP contribution is 2.27. The summed E-state index contributed by atoms with van der Waals surface area (Å²) in [6.07, 6.45) is 5.59. The molecule has 37 heavy (non-hydrogen) atoms. The van der Waals surface area contributed by atoms with Gasteiger partial charge in [0.2, 0.25) is 10.0 Å². The Morgan fingerprint density at radius 1 is 1.05 bits per heavy atom. The average molecular weight is 534 g/mol. The highest BCUT2D eigenvalue weighted by Gasteiger charge is 2.23. The van der Waals surface area contributed by atoms with Crippen molar-refractivity contribution < 1.29 is 17.9 Å². The molecule has 3 aromatic carbocycles. The number of carbonyl (C=O) groups excluding carboxylic acids is 1. The van der Waals surface area contributed by atoms with E-state index < -0.39 is 15.9 Å². The lowest BCUT2D eigenvalue weighted by atomic mass is 10.2. The van der Waals surface area contributed by atoms with Gasteiger partial charge in [0, 0.05) is 18.7 Å². The topological polar surface area (TPSA) is 81.0 Å². The van der Waals surface area contributed by atoms with Crippen molar-refractivity contribution in [3.05, 3.63) is 88.7 Å². The molecule has 1 heterocycles. The molecule has 190 valence electrons. The second-order valence-electron chi connectivity index (χ2n) is 8.07. The molecule has 0 aliphatic rings. The second-order valence-corrected chi connectivity index (χ2v) is 11.0. The Hall–Kier alpha value is -3.71. The van der Waals surface area contributed by atoms with E-state index in [4.69, 9.17) is 11.2 Å². The van der Waals surface area contributed by atoms with Gasteiger partial charge in [-0.25, -0.2) is 8.42 Å². The number of ether oxygens (including phenoxy) is 1. The fourth-order valence-electron chi connectivity index (χ4n) is 3.92. The van der Waals surface area contributed by atoms with E-state index in [9.17, 15) is 13.2 Å². The number of hydrogen-bond acceptors (Lipinski definition) is 5. The van der Waals surface area contributed by atoms with Crippen LogP contribution >= 0.6 is 11.3 Å². The van der Waals surface area contributed by atoms with Crippen molar-refractivity contribution in [2.24, 2.45) is 4.99 Å². The number of carbonyl (C=O) groups is 1. The first-order valence-electron chi connectivity index (χ1n) is 11.8. The molecule has 0 saturated heterocycles. The zero-order valence-corrected chi connectivity index (χ0v) is 22.3.